The van der Waals surface area contributed by atoms with E-state index in [-0.39, 0.29) is 5.91 Å². The second-order valence-electron chi connectivity index (χ2n) is 8.77. The first-order chi connectivity index (χ1) is 15.5. The van der Waals surface area contributed by atoms with Crippen LogP contribution in [0.1, 0.15) is 56.2 Å². The van der Waals surface area contributed by atoms with Gasteiger partial charge in [0.15, 0.2) is 0 Å². The SMILES string of the molecule is CCOc1c(/C(C)=C/C(=O)N2CCCCCC2)cc2c(-c3ccc(C)cc3)coc2c1C. The van der Waals surface area contributed by atoms with Crippen LogP contribution in [0.15, 0.2) is 47.1 Å². The van der Waals surface area contributed by atoms with Gasteiger partial charge < -0.3 is 14.1 Å². The van der Waals surface area contributed by atoms with Gasteiger partial charge in [-0.1, -0.05) is 42.7 Å². The van der Waals surface area contributed by atoms with E-state index in [1.165, 1.54) is 18.4 Å². The third-order valence-electron chi connectivity index (χ3n) is 6.38. The van der Waals surface area contributed by atoms with Gasteiger partial charge in [-0.2, -0.15) is 0 Å². The Balaban J connectivity index is 1.79. The van der Waals surface area contributed by atoms with Gasteiger partial charge in [0.1, 0.15) is 11.3 Å². The molecule has 4 rings (SSSR count). The first-order valence-corrected chi connectivity index (χ1v) is 11.7. The number of likely N-dealkylation sites (tertiary alicyclic amines) is 1. The van der Waals surface area contributed by atoms with Crippen molar-refractivity contribution < 1.29 is 13.9 Å². The van der Waals surface area contributed by atoms with Gasteiger partial charge in [-0.05, 0) is 57.7 Å². The van der Waals surface area contributed by atoms with Crippen molar-refractivity contribution in [3.63, 3.8) is 0 Å². The molecule has 0 spiro atoms. The Labute approximate surface area is 190 Å². The molecule has 0 radical (unpaired) electrons. The summed E-state index contributed by atoms with van der Waals surface area (Å²) in [7, 11) is 0. The van der Waals surface area contributed by atoms with Crippen molar-refractivity contribution in [1.29, 1.82) is 0 Å². The number of amides is 1. The molecule has 4 nitrogen and oxygen atoms in total. The van der Waals surface area contributed by atoms with Gasteiger partial charge in [0, 0.05) is 41.2 Å². The molecule has 0 bridgehead atoms. The van der Waals surface area contributed by atoms with E-state index in [2.05, 4.69) is 37.3 Å². The Bertz CT molecular complexity index is 1130. The van der Waals surface area contributed by atoms with Gasteiger partial charge >= 0.3 is 0 Å². The van der Waals surface area contributed by atoms with Crippen LogP contribution in [0.25, 0.3) is 27.7 Å². The van der Waals surface area contributed by atoms with Crippen molar-refractivity contribution in [2.24, 2.45) is 0 Å². The molecule has 2 heterocycles. The largest absolute Gasteiger partial charge is 0.493 e. The van der Waals surface area contributed by atoms with Gasteiger partial charge in [-0.3, -0.25) is 4.79 Å². The number of ether oxygens (including phenoxy) is 1. The van der Waals surface area contributed by atoms with Crippen LogP contribution in [0.3, 0.4) is 0 Å². The topological polar surface area (TPSA) is 42.7 Å². The molecule has 32 heavy (non-hydrogen) atoms. The van der Waals surface area contributed by atoms with E-state index in [0.717, 1.165) is 70.5 Å². The Morgan fingerprint density at radius 3 is 2.44 bits per heavy atom. The molecular formula is C28H33NO3. The summed E-state index contributed by atoms with van der Waals surface area (Å²) in [4.78, 5) is 15.0. The second kappa shape index (κ2) is 9.64. The number of allylic oxidation sites excluding steroid dienone is 1. The van der Waals surface area contributed by atoms with Crippen LogP contribution < -0.4 is 4.74 Å². The second-order valence-corrected chi connectivity index (χ2v) is 8.77. The smallest absolute Gasteiger partial charge is 0.246 e. The number of nitrogens with zero attached hydrogens (tertiary/aromatic N) is 1. The van der Waals surface area contributed by atoms with Crippen LogP contribution >= 0.6 is 0 Å². The van der Waals surface area contributed by atoms with E-state index in [9.17, 15) is 4.79 Å². The predicted octanol–water partition coefficient (Wildman–Crippen LogP) is 6.92. The fourth-order valence-electron chi connectivity index (χ4n) is 4.54. The lowest BCUT2D eigenvalue weighted by atomic mass is 9.96. The molecule has 1 aliphatic rings. The maximum absolute atomic E-state index is 13.0. The predicted molar refractivity (Wildman–Crippen MR) is 131 cm³/mol. The number of aryl methyl sites for hydroxylation is 2. The number of carbonyl (C=O) groups is 1. The highest BCUT2D eigenvalue weighted by Gasteiger charge is 2.20. The summed E-state index contributed by atoms with van der Waals surface area (Å²) >= 11 is 0. The zero-order chi connectivity index (χ0) is 22.7. The molecule has 0 N–H and O–H groups in total. The molecule has 0 atom stereocenters. The minimum atomic E-state index is 0.0931. The zero-order valence-corrected chi connectivity index (χ0v) is 19.7. The van der Waals surface area contributed by atoms with Crippen molar-refractivity contribution in [2.75, 3.05) is 19.7 Å². The van der Waals surface area contributed by atoms with Gasteiger partial charge in [-0.15, -0.1) is 0 Å². The zero-order valence-electron chi connectivity index (χ0n) is 19.7. The number of hydrogen-bond donors (Lipinski definition) is 0. The summed E-state index contributed by atoms with van der Waals surface area (Å²) in [6.45, 7) is 10.3. The van der Waals surface area contributed by atoms with Crippen molar-refractivity contribution in [3.05, 3.63) is 59.4 Å². The minimum Gasteiger partial charge on any atom is -0.493 e. The Kier molecular flexibility index (Phi) is 6.69. The highest BCUT2D eigenvalue weighted by Crippen LogP contribution is 2.40. The average molecular weight is 432 g/mol. The maximum atomic E-state index is 13.0. The molecule has 0 unspecified atom stereocenters. The summed E-state index contributed by atoms with van der Waals surface area (Å²) in [5.41, 5.74) is 7.07. The van der Waals surface area contributed by atoms with E-state index in [1.54, 1.807) is 6.08 Å². The molecule has 1 aliphatic heterocycles. The fraction of sp³-hybridized carbons (Fsp3) is 0.393. The fourth-order valence-corrected chi connectivity index (χ4v) is 4.54. The molecule has 3 aromatic rings. The first-order valence-electron chi connectivity index (χ1n) is 11.7. The third-order valence-corrected chi connectivity index (χ3v) is 6.38. The van der Waals surface area contributed by atoms with E-state index in [4.69, 9.17) is 9.15 Å². The molecule has 1 amide bonds. The van der Waals surface area contributed by atoms with Gasteiger partial charge in [-0.25, -0.2) is 0 Å². The summed E-state index contributed by atoms with van der Waals surface area (Å²) in [5.74, 6) is 0.887. The van der Waals surface area contributed by atoms with E-state index in [1.807, 2.05) is 31.9 Å². The standard InChI is InChI=1S/C28H33NO3/c1-5-31-27-21(4)28-24(25(18-32-28)22-12-10-19(2)11-13-22)17-23(27)20(3)16-26(30)29-14-8-6-7-9-15-29/h10-13,16-18H,5-9,14-15H2,1-4H3/b20-16+. The number of fused-ring (bicyclic) bond motifs is 1. The molecule has 1 aromatic heterocycles. The molecule has 168 valence electrons. The number of hydrogen-bond acceptors (Lipinski definition) is 3. The lowest BCUT2D eigenvalue weighted by molar-refractivity contribution is -0.125. The van der Waals surface area contributed by atoms with Crippen molar-refractivity contribution in [3.8, 4) is 16.9 Å². The number of rotatable bonds is 5. The van der Waals surface area contributed by atoms with Gasteiger partial charge in [0.05, 0.1) is 12.9 Å². The Morgan fingerprint density at radius 1 is 1.09 bits per heavy atom. The highest BCUT2D eigenvalue weighted by atomic mass is 16.5. The van der Waals surface area contributed by atoms with Gasteiger partial charge in [0.25, 0.3) is 0 Å². The maximum Gasteiger partial charge on any atom is 0.246 e. The molecule has 4 heteroatoms. The van der Waals surface area contributed by atoms with Crippen molar-refractivity contribution >= 4 is 22.4 Å². The number of carbonyl (C=O) groups excluding carboxylic acids is 1. The van der Waals surface area contributed by atoms with Crippen LogP contribution in [0, 0.1) is 13.8 Å². The Morgan fingerprint density at radius 2 is 1.78 bits per heavy atom. The van der Waals surface area contributed by atoms with E-state index in [0.29, 0.717) is 6.61 Å². The molecule has 0 aliphatic carbocycles. The summed E-state index contributed by atoms with van der Waals surface area (Å²) in [6.07, 6.45) is 8.19. The molecule has 0 saturated carbocycles. The summed E-state index contributed by atoms with van der Waals surface area (Å²) in [5, 5.41) is 1.04. The molecule has 2 aromatic carbocycles. The quantitative estimate of drug-likeness (QED) is 0.412. The molecule has 1 saturated heterocycles. The third kappa shape index (κ3) is 4.45. The lowest BCUT2D eigenvalue weighted by Gasteiger charge is -2.19. The van der Waals surface area contributed by atoms with Crippen LogP contribution in [0.2, 0.25) is 0 Å². The van der Waals surface area contributed by atoms with Crippen LogP contribution in [0.5, 0.6) is 5.75 Å². The van der Waals surface area contributed by atoms with E-state index >= 15 is 0 Å². The molecular weight excluding hydrogens is 398 g/mol. The van der Waals surface area contributed by atoms with Crippen LogP contribution in [-0.4, -0.2) is 30.5 Å². The molecule has 1 fully saturated rings. The number of benzene rings is 2. The van der Waals surface area contributed by atoms with Crippen molar-refractivity contribution in [2.45, 2.75) is 53.4 Å². The lowest BCUT2D eigenvalue weighted by Crippen LogP contribution is -2.30. The minimum absolute atomic E-state index is 0.0931. The van der Waals surface area contributed by atoms with Gasteiger partial charge in [0.2, 0.25) is 5.91 Å². The van der Waals surface area contributed by atoms with E-state index < -0.39 is 0 Å². The Hall–Kier alpha value is -3.01. The normalized spacial score (nSPS) is 15.1. The van der Waals surface area contributed by atoms with Crippen molar-refractivity contribution in [1.82, 2.24) is 4.90 Å². The average Bonchev–Trinajstić information content (AvgIpc) is 3.01. The number of furan rings is 1. The van der Waals surface area contributed by atoms with Crippen LogP contribution in [-0.2, 0) is 4.79 Å². The summed E-state index contributed by atoms with van der Waals surface area (Å²) < 4.78 is 12.1. The monoisotopic (exact) mass is 431 g/mol. The first kappa shape index (κ1) is 22.2. The highest BCUT2D eigenvalue weighted by molar-refractivity contribution is 6.01. The van der Waals surface area contributed by atoms with Crippen LogP contribution in [0.4, 0.5) is 0 Å². The summed E-state index contributed by atoms with van der Waals surface area (Å²) in [6, 6.07) is 10.6.